The van der Waals surface area contributed by atoms with E-state index in [1.165, 1.54) is 29.2 Å². The number of aromatic carboxylic acids is 1. The molecule has 12 nitrogen and oxygen atoms in total. The topological polar surface area (TPSA) is 165 Å². The molecule has 0 bridgehead atoms. The molecule has 2 heterocycles. The molecule has 0 spiro atoms. The minimum atomic E-state index is -1.26. The number of carbonyl (C=O) groups excluding carboxylic acids is 2. The number of carbonyl (C=O) groups is 3. The molecule has 1 fully saturated rings. The van der Waals surface area contributed by atoms with Gasteiger partial charge in [-0.3, -0.25) is 25.1 Å². The van der Waals surface area contributed by atoms with Gasteiger partial charge in [0.2, 0.25) is 16.0 Å². The van der Waals surface area contributed by atoms with E-state index in [0.29, 0.717) is 16.9 Å². The lowest BCUT2D eigenvalue weighted by Crippen LogP contribution is -2.43. The molecule has 1 aromatic carbocycles. The lowest BCUT2D eigenvalue weighted by molar-refractivity contribution is -0.384. The van der Waals surface area contributed by atoms with Gasteiger partial charge in [-0.05, 0) is 24.1 Å². The van der Waals surface area contributed by atoms with Crippen molar-refractivity contribution in [3.8, 4) is 0 Å². The number of rotatable bonds is 6. The lowest BCUT2D eigenvalue weighted by atomic mass is 10.2. The predicted molar refractivity (Wildman–Crippen MR) is 107 cm³/mol. The summed E-state index contributed by atoms with van der Waals surface area (Å²) < 4.78 is 5.23. The maximum absolute atomic E-state index is 12.6. The fourth-order valence-electron chi connectivity index (χ4n) is 2.75. The number of nitro benzene ring substituents is 1. The molecule has 1 saturated heterocycles. The number of nitrogens with one attached hydrogen (secondary N) is 1. The maximum Gasteiger partial charge on any atom is 0.410 e. The summed E-state index contributed by atoms with van der Waals surface area (Å²) in [5.74, 6) is -1.83. The second kappa shape index (κ2) is 9.04. The molecule has 1 aliphatic heterocycles. The second-order valence-electron chi connectivity index (χ2n) is 6.24. The summed E-state index contributed by atoms with van der Waals surface area (Å²) in [6, 6.07) is 4.65. The third-order valence-corrected chi connectivity index (χ3v) is 5.36. The fraction of sp³-hybridized carbons (Fsp3) is 0.312. The second-order valence-corrected chi connectivity index (χ2v) is 7.95. The van der Waals surface area contributed by atoms with Gasteiger partial charge in [-0.2, -0.15) is 12.6 Å². The van der Waals surface area contributed by atoms with E-state index in [-0.39, 0.29) is 40.6 Å². The fourth-order valence-corrected chi connectivity index (χ4v) is 3.72. The number of ether oxygens (including phenoxy) is 1. The standard InChI is InChI=1S/C16H15N5O7S2/c22-12(17-15-19-18-13(30-15)14(23)24)11-5-10(29)6-20(11)16(25)28-7-8-1-3-9(4-2-8)21(26)27/h1-4,10-11,29H,5-7H2,(H,23,24)(H,17,19,22)/t10-,11-/m0/s1. The van der Waals surface area contributed by atoms with Gasteiger partial charge < -0.3 is 9.84 Å². The minimum absolute atomic E-state index is 0.000730. The molecule has 158 valence electrons. The summed E-state index contributed by atoms with van der Waals surface area (Å²) >= 11 is 5.02. The molecule has 2 amide bonds. The van der Waals surface area contributed by atoms with Crippen LogP contribution in [0.2, 0.25) is 0 Å². The van der Waals surface area contributed by atoms with Gasteiger partial charge in [0, 0.05) is 23.9 Å². The summed E-state index contributed by atoms with van der Waals surface area (Å²) in [4.78, 5) is 47.3. The number of aromatic nitrogens is 2. The van der Waals surface area contributed by atoms with E-state index in [2.05, 4.69) is 28.1 Å². The minimum Gasteiger partial charge on any atom is -0.476 e. The van der Waals surface area contributed by atoms with Crippen LogP contribution in [0.3, 0.4) is 0 Å². The van der Waals surface area contributed by atoms with Crippen LogP contribution in [0.4, 0.5) is 15.6 Å². The van der Waals surface area contributed by atoms with Crippen molar-refractivity contribution in [2.45, 2.75) is 24.3 Å². The van der Waals surface area contributed by atoms with Gasteiger partial charge in [-0.25, -0.2) is 9.59 Å². The number of hydrogen-bond donors (Lipinski definition) is 3. The first-order chi connectivity index (χ1) is 14.2. The summed E-state index contributed by atoms with van der Waals surface area (Å²) in [6.45, 7) is 0.0497. The Morgan fingerprint density at radius 1 is 1.33 bits per heavy atom. The molecular weight excluding hydrogens is 438 g/mol. The van der Waals surface area contributed by atoms with Crippen LogP contribution < -0.4 is 5.32 Å². The molecule has 30 heavy (non-hydrogen) atoms. The number of carboxylic acids is 1. The molecular formula is C16H15N5O7S2. The zero-order chi connectivity index (χ0) is 21.8. The van der Waals surface area contributed by atoms with Crippen molar-refractivity contribution in [3.05, 3.63) is 45.0 Å². The average Bonchev–Trinajstić information content (AvgIpc) is 3.33. The molecule has 0 saturated carbocycles. The number of amides is 2. The largest absolute Gasteiger partial charge is 0.476 e. The van der Waals surface area contributed by atoms with Crippen molar-refractivity contribution in [2.24, 2.45) is 0 Å². The van der Waals surface area contributed by atoms with Crippen LogP contribution in [0.25, 0.3) is 0 Å². The summed E-state index contributed by atoms with van der Waals surface area (Å²) in [5.41, 5.74) is 0.466. The Kier molecular flexibility index (Phi) is 6.47. The number of nitro groups is 1. The molecule has 2 aromatic rings. The highest BCUT2D eigenvalue weighted by Crippen LogP contribution is 2.25. The molecule has 2 atom stereocenters. The number of thiol groups is 1. The monoisotopic (exact) mass is 453 g/mol. The van der Waals surface area contributed by atoms with E-state index < -0.39 is 28.9 Å². The Morgan fingerprint density at radius 3 is 2.63 bits per heavy atom. The van der Waals surface area contributed by atoms with Gasteiger partial charge >= 0.3 is 12.1 Å². The number of non-ortho nitro benzene ring substituents is 1. The van der Waals surface area contributed by atoms with Gasteiger partial charge in [0.1, 0.15) is 12.6 Å². The van der Waals surface area contributed by atoms with Crippen LogP contribution in [0, 0.1) is 10.1 Å². The number of anilines is 1. The Labute approximate surface area is 178 Å². The molecule has 14 heteroatoms. The first kappa shape index (κ1) is 21.4. The molecule has 2 N–H and O–H groups in total. The molecule has 3 rings (SSSR count). The molecule has 1 aliphatic rings. The average molecular weight is 453 g/mol. The van der Waals surface area contributed by atoms with Crippen LogP contribution >= 0.6 is 24.0 Å². The van der Waals surface area contributed by atoms with Crippen LogP contribution in [-0.2, 0) is 16.1 Å². The van der Waals surface area contributed by atoms with Crippen molar-refractivity contribution >= 4 is 52.8 Å². The Balaban J connectivity index is 1.61. The number of nitrogens with zero attached hydrogens (tertiary/aromatic N) is 4. The van der Waals surface area contributed by atoms with Crippen molar-refractivity contribution in [2.75, 3.05) is 11.9 Å². The molecule has 0 unspecified atom stereocenters. The summed E-state index contributed by atoms with van der Waals surface area (Å²) in [7, 11) is 0. The van der Waals surface area contributed by atoms with E-state index in [4.69, 9.17) is 9.84 Å². The van der Waals surface area contributed by atoms with E-state index >= 15 is 0 Å². The quantitative estimate of drug-likeness (QED) is 0.336. The van der Waals surface area contributed by atoms with Crippen LogP contribution in [0.15, 0.2) is 24.3 Å². The highest BCUT2D eigenvalue weighted by Gasteiger charge is 2.39. The third-order valence-electron chi connectivity index (χ3n) is 4.16. The van der Waals surface area contributed by atoms with Gasteiger partial charge in [-0.15, -0.1) is 10.2 Å². The Morgan fingerprint density at radius 2 is 2.03 bits per heavy atom. The van der Waals surface area contributed by atoms with Crippen LogP contribution in [-0.4, -0.2) is 60.9 Å². The smallest absolute Gasteiger partial charge is 0.410 e. The Hall–Kier alpha value is -3.26. The molecule has 1 aromatic heterocycles. The van der Waals surface area contributed by atoms with Crippen molar-refractivity contribution < 1.29 is 29.2 Å². The highest BCUT2D eigenvalue weighted by molar-refractivity contribution is 7.81. The van der Waals surface area contributed by atoms with Crippen molar-refractivity contribution in [1.82, 2.24) is 15.1 Å². The van der Waals surface area contributed by atoms with Crippen molar-refractivity contribution in [1.29, 1.82) is 0 Å². The van der Waals surface area contributed by atoms with E-state index in [9.17, 15) is 24.5 Å². The zero-order valence-corrected chi connectivity index (χ0v) is 16.8. The van der Waals surface area contributed by atoms with Gasteiger partial charge in [-0.1, -0.05) is 11.3 Å². The van der Waals surface area contributed by atoms with E-state index in [1.54, 1.807) is 0 Å². The summed E-state index contributed by atoms with van der Waals surface area (Å²) in [6.07, 6.45) is -0.472. The van der Waals surface area contributed by atoms with E-state index in [1.807, 2.05) is 0 Å². The van der Waals surface area contributed by atoms with E-state index in [0.717, 1.165) is 0 Å². The predicted octanol–water partition coefficient (Wildman–Crippen LogP) is 1.79. The van der Waals surface area contributed by atoms with Crippen molar-refractivity contribution in [3.63, 3.8) is 0 Å². The van der Waals surface area contributed by atoms with Gasteiger partial charge in [0.15, 0.2) is 0 Å². The normalized spacial score (nSPS) is 18.1. The van der Waals surface area contributed by atoms with Crippen LogP contribution in [0.1, 0.15) is 21.8 Å². The summed E-state index contributed by atoms with van der Waals surface area (Å²) in [5, 5.41) is 28.5. The number of carboxylic acid groups (broad SMARTS) is 1. The van der Waals surface area contributed by atoms with Crippen LogP contribution in [0.5, 0.6) is 0 Å². The van der Waals surface area contributed by atoms with Gasteiger partial charge in [0.25, 0.3) is 5.69 Å². The Bertz CT molecular complexity index is 981. The lowest BCUT2D eigenvalue weighted by Gasteiger charge is -2.22. The molecule has 0 aliphatic carbocycles. The zero-order valence-electron chi connectivity index (χ0n) is 15.1. The SMILES string of the molecule is O=C(O)c1nnc(NC(=O)[C@@H]2C[C@H](S)CN2C(=O)OCc2ccc([N+](=O)[O-])cc2)s1. The third kappa shape index (κ3) is 5.01. The maximum atomic E-state index is 12.6. The van der Waals surface area contributed by atoms with Gasteiger partial charge in [0.05, 0.1) is 4.92 Å². The first-order valence-electron chi connectivity index (χ1n) is 8.47. The number of benzene rings is 1. The number of likely N-dealkylation sites (tertiary alicyclic amines) is 1. The number of hydrogen-bond acceptors (Lipinski definition) is 10. The highest BCUT2D eigenvalue weighted by atomic mass is 32.1. The molecule has 0 radical (unpaired) electrons. The first-order valence-corrected chi connectivity index (χ1v) is 9.80.